The molecule has 1 spiro atoms. The number of rotatable bonds is 4. The van der Waals surface area contributed by atoms with E-state index < -0.39 is 0 Å². The minimum atomic E-state index is -0.332. The van der Waals surface area contributed by atoms with E-state index in [1.807, 2.05) is 12.1 Å². The summed E-state index contributed by atoms with van der Waals surface area (Å²) in [5, 5.41) is 0. The molecule has 4 nitrogen and oxygen atoms in total. The number of piperidine rings is 1. The van der Waals surface area contributed by atoms with Crippen LogP contribution >= 0.6 is 0 Å². The predicted octanol–water partition coefficient (Wildman–Crippen LogP) is 4.80. The van der Waals surface area contributed by atoms with Gasteiger partial charge in [0.25, 0.3) is 0 Å². The Kier molecular flexibility index (Phi) is 4.92. The van der Waals surface area contributed by atoms with Gasteiger partial charge in [0.1, 0.15) is 5.60 Å². The van der Waals surface area contributed by atoms with Gasteiger partial charge in [0.15, 0.2) is 0 Å². The van der Waals surface area contributed by atoms with Crippen LogP contribution in [-0.4, -0.2) is 36.2 Å². The van der Waals surface area contributed by atoms with E-state index in [-0.39, 0.29) is 11.7 Å². The number of hydrogen-bond donors (Lipinski definition) is 0. The summed E-state index contributed by atoms with van der Waals surface area (Å²) in [6, 6.07) is 18.9. The molecule has 1 amide bonds. The second-order valence-electron chi connectivity index (χ2n) is 8.15. The van der Waals surface area contributed by atoms with E-state index in [1.165, 1.54) is 11.1 Å². The molecule has 4 heteroatoms. The van der Waals surface area contributed by atoms with Gasteiger partial charge in [-0.05, 0) is 29.2 Å². The number of amides is 1. The first kappa shape index (κ1) is 18.1. The van der Waals surface area contributed by atoms with Gasteiger partial charge >= 0.3 is 6.09 Å². The highest BCUT2D eigenvalue weighted by atomic mass is 16.6. The standard InChI is InChI=1S/C23H28N2O2/c1-18(2)20-8-10-21(11-9-20)25-17-23(27-22(25)26)12-14-24(15-13-23)16-19-6-4-3-5-7-19/h3-11,18H,12-17H2,1-2H3. The number of nitrogens with zero attached hydrogens (tertiary/aromatic N) is 2. The zero-order chi connectivity index (χ0) is 18.9. The zero-order valence-electron chi connectivity index (χ0n) is 16.2. The van der Waals surface area contributed by atoms with Crippen LogP contribution in [-0.2, 0) is 11.3 Å². The van der Waals surface area contributed by atoms with Crippen LogP contribution in [0.15, 0.2) is 54.6 Å². The number of benzene rings is 2. The third-order valence-electron chi connectivity index (χ3n) is 5.86. The second kappa shape index (κ2) is 7.35. The Balaban J connectivity index is 1.39. The Bertz CT molecular complexity index is 778. The van der Waals surface area contributed by atoms with Gasteiger partial charge < -0.3 is 4.74 Å². The van der Waals surface area contributed by atoms with Crippen LogP contribution in [0.5, 0.6) is 0 Å². The normalized spacial score (nSPS) is 19.7. The molecule has 2 aliphatic rings. The lowest BCUT2D eigenvalue weighted by atomic mass is 9.91. The van der Waals surface area contributed by atoms with Crippen LogP contribution in [0.3, 0.4) is 0 Å². The molecule has 0 N–H and O–H groups in total. The van der Waals surface area contributed by atoms with Gasteiger partial charge in [0.2, 0.25) is 0 Å². The molecule has 0 saturated carbocycles. The highest BCUT2D eigenvalue weighted by molar-refractivity contribution is 5.90. The fraction of sp³-hybridized carbons (Fsp3) is 0.435. The molecule has 2 aromatic carbocycles. The average Bonchev–Trinajstić information content (AvgIpc) is 3.01. The van der Waals surface area contributed by atoms with E-state index in [0.29, 0.717) is 12.5 Å². The van der Waals surface area contributed by atoms with Crippen molar-refractivity contribution in [2.45, 2.75) is 44.8 Å². The first-order valence-electron chi connectivity index (χ1n) is 9.91. The van der Waals surface area contributed by atoms with Crippen LogP contribution in [0.2, 0.25) is 0 Å². The topological polar surface area (TPSA) is 32.8 Å². The fourth-order valence-corrected chi connectivity index (χ4v) is 4.08. The Morgan fingerprint density at radius 3 is 2.30 bits per heavy atom. The highest BCUT2D eigenvalue weighted by Gasteiger charge is 2.47. The average molecular weight is 364 g/mol. The molecule has 2 aromatic rings. The van der Waals surface area contributed by atoms with Crippen molar-refractivity contribution in [2.24, 2.45) is 0 Å². The van der Waals surface area contributed by atoms with Crippen molar-refractivity contribution in [1.82, 2.24) is 4.90 Å². The van der Waals surface area contributed by atoms with Crippen molar-refractivity contribution in [3.05, 3.63) is 65.7 Å². The Hall–Kier alpha value is -2.33. The summed E-state index contributed by atoms with van der Waals surface area (Å²) in [6.07, 6.45) is 1.59. The van der Waals surface area contributed by atoms with E-state index in [4.69, 9.17) is 4.74 Å². The smallest absolute Gasteiger partial charge is 0.415 e. The van der Waals surface area contributed by atoms with Gasteiger partial charge in [-0.15, -0.1) is 0 Å². The summed E-state index contributed by atoms with van der Waals surface area (Å²) in [5.41, 5.74) is 3.23. The first-order valence-corrected chi connectivity index (χ1v) is 9.91. The first-order chi connectivity index (χ1) is 13.0. The maximum atomic E-state index is 12.5. The predicted molar refractivity (Wildman–Crippen MR) is 108 cm³/mol. The Morgan fingerprint density at radius 2 is 1.67 bits per heavy atom. The van der Waals surface area contributed by atoms with Crippen LogP contribution in [0, 0.1) is 0 Å². The molecule has 4 rings (SSSR count). The van der Waals surface area contributed by atoms with Gasteiger partial charge in [-0.2, -0.15) is 0 Å². The molecule has 2 heterocycles. The van der Waals surface area contributed by atoms with Crippen LogP contribution in [0.1, 0.15) is 43.7 Å². The Morgan fingerprint density at radius 1 is 1.00 bits per heavy atom. The second-order valence-corrected chi connectivity index (χ2v) is 8.15. The van der Waals surface area contributed by atoms with E-state index >= 15 is 0 Å². The lowest BCUT2D eigenvalue weighted by Crippen LogP contribution is -2.46. The lowest BCUT2D eigenvalue weighted by molar-refractivity contribution is -0.000970. The molecule has 0 atom stereocenters. The maximum Gasteiger partial charge on any atom is 0.415 e. The van der Waals surface area contributed by atoms with Gasteiger partial charge in [-0.3, -0.25) is 9.80 Å². The van der Waals surface area contributed by atoms with Crippen molar-refractivity contribution in [3.8, 4) is 0 Å². The number of carbonyl (C=O) groups excluding carboxylic acids is 1. The molecule has 0 aromatic heterocycles. The molecule has 27 heavy (non-hydrogen) atoms. The summed E-state index contributed by atoms with van der Waals surface area (Å²) < 4.78 is 5.89. The molecular formula is C23H28N2O2. The maximum absolute atomic E-state index is 12.5. The summed E-state index contributed by atoms with van der Waals surface area (Å²) in [6.45, 7) is 7.90. The number of ether oxygens (including phenoxy) is 1. The number of hydrogen-bond acceptors (Lipinski definition) is 3. The molecule has 0 unspecified atom stereocenters. The van der Waals surface area contributed by atoms with Crippen molar-refractivity contribution in [3.63, 3.8) is 0 Å². The number of carbonyl (C=O) groups is 1. The summed E-state index contributed by atoms with van der Waals surface area (Å²) in [5.74, 6) is 0.491. The molecular weight excluding hydrogens is 336 g/mol. The van der Waals surface area contributed by atoms with Crippen molar-refractivity contribution < 1.29 is 9.53 Å². The summed E-state index contributed by atoms with van der Waals surface area (Å²) >= 11 is 0. The summed E-state index contributed by atoms with van der Waals surface area (Å²) in [4.78, 5) is 16.8. The summed E-state index contributed by atoms with van der Waals surface area (Å²) in [7, 11) is 0. The number of likely N-dealkylation sites (tertiary alicyclic amines) is 1. The SMILES string of the molecule is CC(C)c1ccc(N2CC3(CCN(Cc4ccccc4)CC3)OC2=O)cc1. The fourth-order valence-electron chi connectivity index (χ4n) is 4.08. The van der Waals surface area contributed by atoms with Crippen LogP contribution < -0.4 is 4.90 Å². The van der Waals surface area contributed by atoms with Crippen LogP contribution in [0.4, 0.5) is 10.5 Å². The molecule has 0 radical (unpaired) electrons. The minimum absolute atomic E-state index is 0.205. The highest BCUT2D eigenvalue weighted by Crippen LogP contribution is 2.36. The third-order valence-corrected chi connectivity index (χ3v) is 5.86. The Labute approximate surface area is 161 Å². The van der Waals surface area contributed by atoms with Gasteiger partial charge in [0, 0.05) is 38.2 Å². The lowest BCUT2D eigenvalue weighted by Gasteiger charge is -2.37. The van der Waals surface area contributed by atoms with E-state index in [0.717, 1.165) is 38.2 Å². The number of anilines is 1. The monoisotopic (exact) mass is 364 g/mol. The van der Waals surface area contributed by atoms with Gasteiger partial charge in [-0.1, -0.05) is 56.3 Å². The van der Waals surface area contributed by atoms with Crippen molar-refractivity contribution >= 4 is 11.8 Å². The molecule has 0 aliphatic carbocycles. The third kappa shape index (κ3) is 3.86. The van der Waals surface area contributed by atoms with Crippen LogP contribution in [0.25, 0.3) is 0 Å². The molecule has 0 bridgehead atoms. The molecule has 2 fully saturated rings. The molecule has 2 saturated heterocycles. The van der Waals surface area contributed by atoms with Gasteiger partial charge in [0.05, 0.1) is 6.54 Å². The van der Waals surface area contributed by atoms with Crippen molar-refractivity contribution in [2.75, 3.05) is 24.5 Å². The molecule has 142 valence electrons. The molecule has 2 aliphatic heterocycles. The van der Waals surface area contributed by atoms with Gasteiger partial charge in [-0.25, -0.2) is 4.79 Å². The van der Waals surface area contributed by atoms with E-state index in [2.05, 4.69) is 61.2 Å². The van der Waals surface area contributed by atoms with E-state index in [9.17, 15) is 4.79 Å². The van der Waals surface area contributed by atoms with E-state index in [1.54, 1.807) is 4.90 Å². The quantitative estimate of drug-likeness (QED) is 0.781. The minimum Gasteiger partial charge on any atom is -0.441 e. The van der Waals surface area contributed by atoms with Crippen molar-refractivity contribution in [1.29, 1.82) is 0 Å². The zero-order valence-corrected chi connectivity index (χ0v) is 16.2. The largest absolute Gasteiger partial charge is 0.441 e.